The van der Waals surface area contributed by atoms with E-state index in [-0.39, 0.29) is 28.8 Å². The Morgan fingerprint density at radius 1 is 1.00 bits per heavy atom. The molecule has 0 aliphatic carbocycles. The summed E-state index contributed by atoms with van der Waals surface area (Å²) in [5.41, 5.74) is 5.66. The van der Waals surface area contributed by atoms with Gasteiger partial charge in [-0.1, -0.05) is 65.7 Å². The van der Waals surface area contributed by atoms with Crippen molar-refractivity contribution in [3.63, 3.8) is 0 Å². The molecule has 0 bridgehead atoms. The Kier molecular flexibility index (Phi) is 7.82. The summed E-state index contributed by atoms with van der Waals surface area (Å²) in [4.78, 5) is 24.6. The number of hydrogen-bond donors (Lipinski definition) is 3. The molecule has 4 rings (SSSR count). The van der Waals surface area contributed by atoms with Gasteiger partial charge in [0.25, 0.3) is 11.8 Å². The summed E-state index contributed by atoms with van der Waals surface area (Å²) in [6.45, 7) is 2.33. The number of phenolic OH excluding ortho intramolecular Hbond substituents is 1. The van der Waals surface area contributed by atoms with Crippen LogP contribution in [0.15, 0.2) is 84.0 Å². The van der Waals surface area contributed by atoms with Crippen molar-refractivity contribution in [3.8, 4) is 11.5 Å². The molecule has 0 radical (unpaired) electrons. The molecule has 4 aromatic rings. The molecular weight excluding hydrogens is 478 g/mol. The van der Waals surface area contributed by atoms with Gasteiger partial charge in [0.05, 0.1) is 11.2 Å². The molecular formula is C28H24ClN3O4. The number of carbonyl (C=O) groups excluding carboxylic acids is 2. The SMILES string of the molecule is Cc1ccc(CNC(=O)COc2ccc(/C=N/NC(=O)c3ccc(O)c(Cl)c3)c3ccccc23)cc1. The van der Waals surface area contributed by atoms with Crippen molar-refractivity contribution in [2.24, 2.45) is 5.10 Å². The van der Waals surface area contributed by atoms with Gasteiger partial charge in [0.1, 0.15) is 11.5 Å². The van der Waals surface area contributed by atoms with E-state index in [1.165, 1.54) is 30.0 Å². The monoisotopic (exact) mass is 501 g/mol. The maximum absolute atomic E-state index is 12.3. The summed E-state index contributed by atoms with van der Waals surface area (Å²) in [6.07, 6.45) is 1.53. The van der Waals surface area contributed by atoms with Crippen LogP contribution in [0.1, 0.15) is 27.0 Å². The van der Waals surface area contributed by atoms with Crippen LogP contribution in [-0.4, -0.2) is 29.7 Å². The molecule has 7 nitrogen and oxygen atoms in total. The molecule has 8 heteroatoms. The normalized spacial score (nSPS) is 10.9. The smallest absolute Gasteiger partial charge is 0.271 e. The second kappa shape index (κ2) is 11.4. The van der Waals surface area contributed by atoms with Gasteiger partial charge in [0.15, 0.2) is 6.61 Å². The van der Waals surface area contributed by atoms with Crippen LogP contribution in [0.5, 0.6) is 11.5 Å². The fraction of sp³-hybridized carbons (Fsp3) is 0.107. The molecule has 0 aromatic heterocycles. The van der Waals surface area contributed by atoms with Crippen LogP contribution in [0, 0.1) is 6.92 Å². The van der Waals surface area contributed by atoms with Crippen LogP contribution in [0.3, 0.4) is 0 Å². The first kappa shape index (κ1) is 24.8. The number of phenols is 1. The van der Waals surface area contributed by atoms with E-state index in [9.17, 15) is 14.7 Å². The Bertz CT molecular complexity index is 1430. The molecule has 0 spiro atoms. The lowest BCUT2D eigenvalue weighted by molar-refractivity contribution is -0.123. The molecule has 0 fully saturated rings. The maximum Gasteiger partial charge on any atom is 0.271 e. The summed E-state index contributed by atoms with van der Waals surface area (Å²) >= 11 is 5.86. The number of aryl methyl sites for hydroxylation is 1. The summed E-state index contributed by atoms with van der Waals surface area (Å²) in [5.74, 6) is -0.221. The number of ether oxygens (including phenoxy) is 1. The first-order valence-electron chi connectivity index (χ1n) is 11.2. The molecule has 0 aliphatic heterocycles. The predicted molar refractivity (Wildman–Crippen MR) is 141 cm³/mol. The lowest BCUT2D eigenvalue weighted by Gasteiger charge is -2.11. The number of fused-ring (bicyclic) bond motifs is 1. The van der Waals surface area contributed by atoms with Crippen LogP contribution in [0.2, 0.25) is 5.02 Å². The van der Waals surface area contributed by atoms with E-state index < -0.39 is 5.91 Å². The molecule has 0 heterocycles. The lowest BCUT2D eigenvalue weighted by atomic mass is 10.0. The van der Waals surface area contributed by atoms with E-state index in [0.717, 1.165) is 21.9 Å². The zero-order chi connectivity index (χ0) is 25.5. The number of hydrazone groups is 1. The van der Waals surface area contributed by atoms with E-state index in [1.807, 2.05) is 55.5 Å². The first-order chi connectivity index (χ1) is 17.4. The number of hydrogen-bond acceptors (Lipinski definition) is 5. The summed E-state index contributed by atoms with van der Waals surface area (Å²) in [6, 6.07) is 23.2. The number of aromatic hydroxyl groups is 1. The molecule has 4 aromatic carbocycles. The van der Waals surface area contributed by atoms with E-state index >= 15 is 0 Å². The highest BCUT2D eigenvalue weighted by Gasteiger charge is 2.10. The molecule has 0 atom stereocenters. The summed E-state index contributed by atoms with van der Waals surface area (Å²) in [7, 11) is 0. The highest BCUT2D eigenvalue weighted by Crippen LogP contribution is 2.28. The standard InChI is InChI=1S/C28H24ClN3O4/c1-18-6-8-19(9-7-18)15-30-27(34)17-36-26-13-11-21(22-4-2-3-5-23(22)26)16-31-32-28(35)20-10-12-25(33)24(29)14-20/h2-14,16,33H,15,17H2,1H3,(H,30,34)(H,32,35)/b31-16+. The Hall–Kier alpha value is -4.36. The third kappa shape index (κ3) is 6.20. The van der Waals surface area contributed by atoms with Gasteiger partial charge in [-0.2, -0.15) is 5.10 Å². The lowest BCUT2D eigenvalue weighted by Crippen LogP contribution is -2.28. The number of carbonyl (C=O) groups is 2. The van der Waals surface area contributed by atoms with Gasteiger partial charge in [-0.3, -0.25) is 9.59 Å². The van der Waals surface area contributed by atoms with Crippen molar-refractivity contribution in [2.45, 2.75) is 13.5 Å². The van der Waals surface area contributed by atoms with Crippen molar-refractivity contribution in [1.82, 2.24) is 10.7 Å². The Morgan fingerprint density at radius 3 is 2.50 bits per heavy atom. The van der Waals surface area contributed by atoms with Gasteiger partial charge in [0, 0.05) is 23.1 Å². The van der Waals surface area contributed by atoms with Crippen LogP contribution in [0.4, 0.5) is 0 Å². The van der Waals surface area contributed by atoms with E-state index in [0.29, 0.717) is 12.3 Å². The number of nitrogens with one attached hydrogen (secondary N) is 2. The highest BCUT2D eigenvalue weighted by atomic mass is 35.5. The van der Waals surface area contributed by atoms with Crippen LogP contribution < -0.4 is 15.5 Å². The third-order valence-corrected chi connectivity index (χ3v) is 5.77. The van der Waals surface area contributed by atoms with Gasteiger partial charge in [0.2, 0.25) is 0 Å². The average molecular weight is 502 g/mol. The van der Waals surface area contributed by atoms with Gasteiger partial charge >= 0.3 is 0 Å². The van der Waals surface area contributed by atoms with Gasteiger partial charge in [-0.25, -0.2) is 5.43 Å². The molecule has 182 valence electrons. The van der Waals surface area contributed by atoms with Crippen molar-refractivity contribution in [1.29, 1.82) is 0 Å². The molecule has 2 amide bonds. The summed E-state index contributed by atoms with van der Waals surface area (Å²) < 4.78 is 5.81. The number of rotatable bonds is 8. The fourth-order valence-electron chi connectivity index (χ4n) is 3.51. The van der Waals surface area contributed by atoms with E-state index in [1.54, 1.807) is 12.1 Å². The Labute approximate surface area is 213 Å². The molecule has 36 heavy (non-hydrogen) atoms. The molecule has 3 N–H and O–H groups in total. The van der Waals surface area contributed by atoms with E-state index in [2.05, 4.69) is 15.8 Å². The quantitative estimate of drug-likeness (QED) is 0.234. The second-order valence-corrected chi connectivity index (χ2v) is 8.52. The average Bonchev–Trinajstić information content (AvgIpc) is 2.89. The predicted octanol–water partition coefficient (Wildman–Crippen LogP) is 4.97. The van der Waals surface area contributed by atoms with Gasteiger partial charge in [-0.05, 0) is 48.2 Å². The fourth-order valence-corrected chi connectivity index (χ4v) is 3.69. The van der Waals surface area contributed by atoms with Crippen LogP contribution in [-0.2, 0) is 11.3 Å². The number of halogens is 1. The second-order valence-electron chi connectivity index (χ2n) is 8.11. The van der Waals surface area contributed by atoms with Gasteiger partial charge < -0.3 is 15.2 Å². The van der Waals surface area contributed by atoms with Gasteiger partial charge in [-0.15, -0.1) is 0 Å². The third-order valence-electron chi connectivity index (χ3n) is 5.47. The van der Waals surface area contributed by atoms with E-state index in [4.69, 9.17) is 16.3 Å². The molecule has 0 saturated heterocycles. The topological polar surface area (TPSA) is 100 Å². The van der Waals surface area contributed by atoms with Crippen molar-refractivity contribution < 1.29 is 19.4 Å². The number of benzene rings is 4. The Morgan fingerprint density at radius 2 is 1.75 bits per heavy atom. The van der Waals surface area contributed by atoms with Crippen molar-refractivity contribution in [3.05, 3.63) is 106 Å². The minimum absolute atomic E-state index is 0.0806. The zero-order valence-electron chi connectivity index (χ0n) is 19.5. The summed E-state index contributed by atoms with van der Waals surface area (Å²) in [5, 5.41) is 18.1. The molecule has 0 saturated carbocycles. The number of nitrogens with zero attached hydrogens (tertiary/aromatic N) is 1. The minimum atomic E-state index is -0.464. The van der Waals surface area contributed by atoms with Crippen LogP contribution >= 0.6 is 11.6 Å². The zero-order valence-corrected chi connectivity index (χ0v) is 20.3. The maximum atomic E-state index is 12.3. The Balaban J connectivity index is 1.40. The minimum Gasteiger partial charge on any atom is -0.506 e. The highest BCUT2D eigenvalue weighted by molar-refractivity contribution is 6.32. The molecule has 0 unspecified atom stereocenters. The number of amides is 2. The first-order valence-corrected chi connectivity index (χ1v) is 11.6. The largest absolute Gasteiger partial charge is 0.506 e. The van der Waals surface area contributed by atoms with Crippen molar-refractivity contribution in [2.75, 3.05) is 6.61 Å². The van der Waals surface area contributed by atoms with Crippen molar-refractivity contribution >= 4 is 40.4 Å². The van der Waals surface area contributed by atoms with Crippen LogP contribution in [0.25, 0.3) is 10.8 Å². The molecule has 0 aliphatic rings.